The molecule has 1 aromatic heterocycles. The van der Waals surface area contributed by atoms with Gasteiger partial charge in [0, 0.05) is 17.9 Å². The number of benzene rings is 2. The fourth-order valence-corrected chi connectivity index (χ4v) is 3.67. The Morgan fingerprint density at radius 2 is 1.44 bits per heavy atom. The van der Waals surface area contributed by atoms with Crippen LogP contribution in [0.3, 0.4) is 0 Å². The van der Waals surface area contributed by atoms with Crippen molar-refractivity contribution < 1.29 is 32.2 Å². The average Bonchev–Trinajstić information content (AvgIpc) is 2.99. The first-order chi connectivity index (χ1) is 15.7. The van der Waals surface area contributed by atoms with Gasteiger partial charge in [0.25, 0.3) is 0 Å². The molecule has 0 amide bonds. The van der Waals surface area contributed by atoms with Crippen molar-refractivity contribution in [2.24, 2.45) is 0 Å². The monoisotopic (exact) mass is 475 g/mol. The number of hydrogen-bond donors (Lipinski definition) is 0. The Morgan fingerprint density at radius 1 is 0.853 bits per heavy atom. The molecule has 0 spiro atoms. The van der Waals surface area contributed by atoms with Crippen molar-refractivity contribution in [1.82, 2.24) is 4.57 Å². The van der Waals surface area contributed by atoms with Gasteiger partial charge in [-0.25, -0.2) is 22.5 Å². The van der Waals surface area contributed by atoms with E-state index in [1.165, 1.54) is 24.3 Å². The van der Waals surface area contributed by atoms with Crippen molar-refractivity contribution in [3.05, 3.63) is 59.4 Å². The Morgan fingerprint density at radius 3 is 2.00 bits per heavy atom. The maximum Gasteiger partial charge on any atom is 0.419 e. The van der Waals surface area contributed by atoms with Crippen LogP contribution in [0.4, 0.5) is 18.0 Å². The van der Waals surface area contributed by atoms with Crippen molar-refractivity contribution in [3.63, 3.8) is 0 Å². The molecule has 0 unspecified atom stereocenters. The largest absolute Gasteiger partial charge is 0.460 e. The van der Waals surface area contributed by atoms with E-state index in [1.807, 2.05) is 0 Å². The van der Waals surface area contributed by atoms with Crippen LogP contribution in [-0.2, 0) is 20.7 Å². The lowest BCUT2D eigenvalue weighted by molar-refractivity contribution is -0.154. The van der Waals surface area contributed by atoms with E-state index in [0.29, 0.717) is 17.2 Å². The van der Waals surface area contributed by atoms with Crippen LogP contribution in [0.2, 0.25) is 0 Å². The van der Waals surface area contributed by atoms with Crippen LogP contribution in [0, 0.1) is 17.5 Å². The molecule has 2 aromatic carbocycles. The van der Waals surface area contributed by atoms with Crippen LogP contribution in [0.25, 0.3) is 22.2 Å². The highest BCUT2D eigenvalue weighted by Gasteiger charge is 2.29. The Kier molecular flexibility index (Phi) is 6.82. The maximum atomic E-state index is 15.1. The number of hydrogen-bond acceptors (Lipinski definition) is 4. The fraction of sp³-hybridized carbons (Fsp3) is 0.385. The third-order valence-corrected chi connectivity index (χ3v) is 4.78. The summed E-state index contributed by atoms with van der Waals surface area (Å²) in [5.41, 5.74) is -0.883. The summed E-state index contributed by atoms with van der Waals surface area (Å²) in [6, 6.07) is 7.03. The first-order valence-corrected chi connectivity index (χ1v) is 10.9. The summed E-state index contributed by atoms with van der Waals surface area (Å²) < 4.78 is 54.9. The zero-order chi connectivity index (χ0) is 25.4. The highest BCUT2D eigenvalue weighted by molar-refractivity contribution is 6.00. The van der Waals surface area contributed by atoms with Gasteiger partial charge in [-0.05, 0) is 89.4 Å². The summed E-state index contributed by atoms with van der Waals surface area (Å²) in [6.45, 7) is 10.2. The molecule has 0 radical (unpaired) electrons. The second-order valence-electron chi connectivity index (χ2n) is 10.0. The van der Waals surface area contributed by atoms with E-state index >= 15 is 4.39 Å². The molecule has 0 aliphatic carbocycles. The minimum Gasteiger partial charge on any atom is -0.460 e. The Balaban J connectivity index is 2.27. The molecule has 0 bridgehead atoms. The van der Waals surface area contributed by atoms with E-state index in [1.54, 1.807) is 41.5 Å². The van der Waals surface area contributed by atoms with Crippen LogP contribution >= 0.6 is 0 Å². The van der Waals surface area contributed by atoms with Crippen LogP contribution in [-0.4, -0.2) is 27.8 Å². The SMILES string of the molecule is CC(C)(C)OC(=O)CCc1c(-c2ccc(F)cc2)n(C(=O)OC(C)(C)C)c2c(F)cc(F)cc12. The molecular formula is C26H28F3NO4. The number of carbonyl (C=O) groups is 2. The number of aromatic nitrogens is 1. The number of ether oxygens (including phenoxy) is 2. The smallest absolute Gasteiger partial charge is 0.419 e. The molecule has 3 rings (SSSR count). The summed E-state index contributed by atoms with van der Waals surface area (Å²) in [5.74, 6) is -2.81. The minimum absolute atomic E-state index is 0.0246. The third-order valence-electron chi connectivity index (χ3n) is 4.78. The van der Waals surface area contributed by atoms with Crippen LogP contribution in [0.5, 0.6) is 0 Å². The number of fused-ring (bicyclic) bond motifs is 1. The molecule has 0 saturated carbocycles. The highest BCUT2D eigenvalue weighted by atomic mass is 19.1. The molecule has 0 saturated heterocycles. The molecule has 0 aliphatic heterocycles. The van der Waals surface area contributed by atoms with E-state index in [9.17, 15) is 18.4 Å². The van der Waals surface area contributed by atoms with Crippen molar-refractivity contribution in [1.29, 1.82) is 0 Å². The number of carbonyl (C=O) groups excluding carboxylic acids is 2. The van der Waals surface area contributed by atoms with Gasteiger partial charge in [-0.2, -0.15) is 0 Å². The number of halogens is 3. The van der Waals surface area contributed by atoms with Gasteiger partial charge in [0.15, 0.2) is 5.82 Å². The van der Waals surface area contributed by atoms with E-state index in [-0.39, 0.29) is 29.4 Å². The molecule has 0 aliphatic rings. The average molecular weight is 476 g/mol. The van der Waals surface area contributed by atoms with Gasteiger partial charge < -0.3 is 9.47 Å². The Labute approximate surface area is 196 Å². The zero-order valence-corrected chi connectivity index (χ0v) is 20.1. The Hall–Kier alpha value is -3.29. The molecule has 1 heterocycles. The van der Waals surface area contributed by atoms with Gasteiger partial charge >= 0.3 is 12.1 Å². The van der Waals surface area contributed by atoms with Gasteiger partial charge in [-0.15, -0.1) is 0 Å². The van der Waals surface area contributed by atoms with E-state index in [0.717, 1.165) is 10.6 Å². The van der Waals surface area contributed by atoms with Gasteiger partial charge in [-0.1, -0.05) is 0 Å². The van der Waals surface area contributed by atoms with Gasteiger partial charge in [0.2, 0.25) is 0 Å². The van der Waals surface area contributed by atoms with Crippen LogP contribution < -0.4 is 0 Å². The Bertz CT molecular complexity index is 1230. The van der Waals surface area contributed by atoms with Gasteiger partial charge in [0.05, 0.1) is 11.2 Å². The quantitative estimate of drug-likeness (QED) is 0.390. The number of aryl methyl sites for hydroxylation is 1. The zero-order valence-electron chi connectivity index (χ0n) is 20.1. The predicted octanol–water partition coefficient (Wildman–Crippen LogP) is 6.78. The second-order valence-corrected chi connectivity index (χ2v) is 10.0. The standard InChI is InChI=1S/C26H28F3NO4/c1-25(2,3)33-21(31)12-11-18-19-13-17(28)14-20(29)23(19)30(24(32)34-26(4,5)6)22(18)15-7-9-16(27)10-8-15/h7-10,13-14H,11-12H2,1-6H3. The van der Waals surface area contributed by atoms with E-state index in [2.05, 4.69) is 0 Å². The van der Waals surface area contributed by atoms with E-state index < -0.39 is 40.7 Å². The summed E-state index contributed by atoms with van der Waals surface area (Å²) in [7, 11) is 0. The molecule has 8 heteroatoms. The number of esters is 1. The normalized spacial score (nSPS) is 12.1. The summed E-state index contributed by atoms with van der Waals surface area (Å²) in [5, 5.41) is 0.117. The number of nitrogens with zero attached hydrogens (tertiary/aromatic N) is 1. The van der Waals surface area contributed by atoms with E-state index in [4.69, 9.17) is 9.47 Å². The molecule has 34 heavy (non-hydrogen) atoms. The first kappa shape index (κ1) is 25.3. The molecular weight excluding hydrogens is 447 g/mol. The van der Waals surface area contributed by atoms with Crippen molar-refractivity contribution >= 4 is 23.0 Å². The fourth-order valence-electron chi connectivity index (χ4n) is 3.67. The lowest BCUT2D eigenvalue weighted by Gasteiger charge is -2.21. The third kappa shape index (κ3) is 5.79. The van der Waals surface area contributed by atoms with Gasteiger partial charge in [-0.3, -0.25) is 4.79 Å². The summed E-state index contributed by atoms with van der Waals surface area (Å²) in [4.78, 5) is 25.6. The van der Waals surface area contributed by atoms with Gasteiger partial charge in [0.1, 0.15) is 22.8 Å². The molecule has 0 fully saturated rings. The van der Waals surface area contributed by atoms with Crippen molar-refractivity contribution in [2.45, 2.75) is 65.6 Å². The molecule has 0 atom stereocenters. The van der Waals surface area contributed by atoms with Crippen molar-refractivity contribution in [2.75, 3.05) is 0 Å². The lowest BCUT2D eigenvalue weighted by atomic mass is 10.0. The summed E-state index contributed by atoms with van der Waals surface area (Å²) in [6.07, 6.45) is -0.959. The number of rotatable bonds is 4. The van der Waals surface area contributed by atoms with Crippen LogP contribution in [0.1, 0.15) is 53.5 Å². The van der Waals surface area contributed by atoms with Crippen molar-refractivity contribution in [3.8, 4) is 11.3 Å². The maximum absolute atomic E-state index is 15.1. The highest BCUT2D eigenvalue weighted by Crippen LogP contribution is 2.37. The predicted molar refractivity (Wildman–Crippen MR) is 123 cm³/mol. The topological polar surface area (TPSA) is 57.5 Å². The molecule has 182 valence electrons. The first-order valence-electron chi connectivity index (χ1n) is 10.9. The second kappa shape index (κ2) is 9.16. The molecule has 5 nitrogen and oxygen atoms in total. The lowest BCUT2D eigenvalue weighted by Crippen LogP contribution is -2.27. The molecule has 3 aromatic rings. The minimum atomic E-state index is -0.965. The van der Waals surface area contributed by atoms with Crippen LogP contribution in [0.15, 0.2) is 36.4 Å². The summed E-state index contributed by atoms with van der Waals surface area (Å²) >= 11 is 0. The molecule has 0 N–H and O–H groups in total.